The molecular formula is C16H24BrN3O. The molecule has 1 aliphatic carbocycles. The van der Waals surface area contributed by atoms with Gasteiger partial charge in [0.15, 0.2) is 0 Å². The largest absolute Gasteiger partial charge is 0.474 e. The Labute approximate surface area is 135 Å². The fourth-order valence-corrected chi connectivity index (χ4v) is 2.82. The highest BCUT2D eigenvalue weighted by atomic mass is 79.9. The zero-order valence-electron chi connectivity index (χ0n) is 13.3. The third-order valence-electron chi connectivity index (χ3n) is 3.93. The van der Waals surface area contributed by atoms with E-state index in [1.807, 2.05) is 31.3 Å². The maximum Gasteiger partial charge on any atom is 0.228 e. The first-order chi connectivity index (χ1) is 9.99. The normalized spacial score (nSPS) is 22.0. The lowest BCUT2D eigenvalue weighted by Crippen LogP contribution is -2.14. The van der Waals surface area contributed by atoms with E-state index in [-0.39, 0.29) is 0 Å². The van der Waals surface area contributed by atoms with Crippen molar-refractivity contribution in [3.8, 4) is 5.88 Å². The van der Waals surface area contributed by atoms with E-state index in [4.69, 9.17) is 4.74 Å². The van der Waals surface area contributed by atoms with E-state index in [9.17, 15) is 0 Å². The van der Waals surface area contributed by atoms with Gasteiger partial charge in [-0.1, -0.05) is 6.92 Å². The number of hydrogen-bond donors (Lipinski definition) is 0. The van der Waals surface area contributed by atoms with Crippen molar-refractivity contribution < 1.29 is 4.74 Å². The van der Waals surface area contributed by atoms with Crippen molar-refractivity contribution in [1.29, 1.82) is 0 Å². The Balaban J connectivity index is 2.11. The predicted octanol–water partition coefficient (Wildman–Crippen LogP) is 4.33. The number of rotatable bonds is 5. The minimum atomic E-state index is 0.295. The topological polar surface area (TPSA) is 37.7 Å². The molecule has 4 nitrogen and oxygen atoms in total. The molecule has 0 aliphatic heterocycles. The molecule has 5 heteroatoms. The van der Waals surface area contributed by atoms with E-state index in [1.165, 1.54) is 6.42 Å². The second-order valence-corrected chi connectivity index (χ2v) is 6.71. The molecule has 0 aromatic carbocycles. The molecule has 1 aromatic rings. The lowest BCUT2D eigenvalue weighted by atomic mass is 10.1. The summed E-state index contributed by atoms with van der Waals surface area (Å²) in [6, 6.07) is 1.98. The van der Waals surface area contributed by atoms with Crippen molar-refractivity contribution in [3.63, 3.8) is 0 Å². The molecule has 0 spiro atoms. The van der Waals surface area contributed by atoms with Crippen molar-refractivity contribution in [2.24, 2.45) is 10.9 Å². The fourth-order valence-electron chi connectivity index (χ4n) is 2.42. The first-order valence-electron chi connectivity index (χ1n) is 7.57. The number of nitrogens with zero attached hydrogens (tertiary/aromatic N) is 3. The summed E-state index contributed by atoms with van der Waals surface area (Å²) >= 11 is 3.55. The second-order valence-electron chi connectivity index (χ2n) is 5.86. The summed E-state index contributed by atoms with van der Waals surface area (Å²) < 4.78 is 6.91. The van der Waals surface area contributed by atoms with Gasteiger partial charge < -0.3 is 9.64 Å². The zero-order chi connectivity index (χ0) is 15.4. The van der Waals surface area contributed by atoms with Crippen molar-refractivity contribution in [3.05, 3.63) is 16.2 Å². The Morgan fingerprint density at radius 3 is 2.90 bits per heavy atom. The Kier molecular flexibility index (Phi) is 5.62. The molecule has 1 saturated carbocycles. The van der Waals surface area contributed by atoms with E-state index < -0.39 is 0 Å². The van der Waals surface area contributed by atoms with Gasteiger partial charge in [-0.05, 0) is 61.0 Å². The van der Waals surface area contributed by atoms with Gasteiger partial charge in [0.2, 0.25) is 5.88 Å². The molecular weight excluding hydrogens is 330 g/mol. The van der Waals surface area contributed by atoms with Crippen LogP contribution in [-0.4, -0.2) is 35.9 Å². The quantitative estimate of drug-likeness (QED) is 0.583. The Morgan fingerprint density at radius 1 is 1.52 bits per heavy atom. The molecule has 0 unspecified atom stereocenters. The summed E-state index contributed by atoms with van der Waals surface area (Å²) in [7, 11) is 2.00. The molecule has 1 aliphatic rings. The molecule has 0 amide bonds. The summed E-state index contributed by atoms with van der Waals surface area (Å²) in [5.74, 6) is 1.44. The summed E-state index contributed by atoms with van der Waals surface area (Å²) in [6.45, 7) is 7.26. The van der Waals surface area contributed by atoms with Crippen molar-refractivity contribution in [1.82, 2.24) is 9.88 Å². The maximum atomic E-state index is 6.04. The van der Waals surface area contributed by atoms with Gasteiger partial charge in [0.05, 0.1) is 22.2 Å². The minimum absolute atomic E-state index is 0.295. The number of aromatic nitrogens is 1. The maximum absolute atomic E-state index is 6.04. The number of halogens is 1. The number of ether oxygens (including phenoxy) is 1. The van der Waals surface area contributed by atoms with Crippen LogP contribution in [0.1, 0.15) is 38.8 Å². The smallest absolute Gasteiger partial charge is 0.228 e. The van der Waals surface area contributed by atoms with Gasteiger partial charge in [0.25, 0.3) is 0 Å². The number of hydrogen-bond acceptors (Lipinski definition) is 3. The average Bonchev–Trinajstić information content (AvgIpc) is 2.86. The Morgan fingerprint density at radius 2 is 2.29 bits per heavy atom. The van der Waals surface area contributed by atoms with Crippen LogP contribution >= 0.6 is 15.9 Å². The molecule has 0 N–H and O–H groups in total. The summed E-state index contributed by atoms with van der Waals surface area (Å²) in [4.78, 5) is 11.1. The summed E-state index contributed by atoms with van der Waals surface area (Å²) in [6.07, 6.45) is 5.61. The molecule has 0 bridgehead atoms. The van der Waals surface area contributed by atoms with Gasteiger partial charge in [-0.2, -0.15) is 0 Å². The van der Waals surface area contributed by atoms with Gasteiger partial charge in [-0.3, -0.25) is 0 Å². The molecule has 21 heavy (non-hydrogen) atoms. The highest BCUT2D eigenvalue weighted by Crippen LogP contribution is 2.34. The first kappa shape index (κ1) is 16.3. The standard InChI is InChI=1S/C16H24BrN3O/c1-5-20(4)10-18-15-9-14(17)16(19-12(15)3)21-13-7-6-11(2)8-13/h9-11,13H,5-8H2,1-4H3/t11-,13-/m0/s1. The number of pyridine rings is 1. The van der Waals surface area contributed by atoms with Crippen LogP contribution in [0, 0.1) is 12.8 Å². The van der Waals surface area contributed by atoms with E-state index in [0.29, 0.717) is 12.0 Å². The van der Waals surface area contributed by atoms with Gasteiger partial charge in [-0.25, -0.2) is 9.98 Å². The van der Waals surface area contributed by atoms with Gasteiger partial charge in [0.1, 0.15) is 6.10 Å². The Hall–Kier alpha value is -1.10. The highest BCUT2D eigenvalue weighted by Gasteiger charge is 2.24. The van der Waals surface area contributed by atoms with E-state index in [0.717, 1.165) is 41.2 Å². The molecule has 2 atom stereocenters. The third-order valence-corrected chi connectivity index (χ3v) is 4.49. The zero-order valence-corrected chi connectivity index (χ0v) is 14.9. The monoisotopic (exact) mass is 353 g/mol. The average molecular weight is 354 g/mol. The minimum Gasteiger partial charge on any atom is -0.474 e. The van der Waals surface area contributed by atoms with Gasteiger partial charge in [-0.15, -0.1) is 0 Å². The molecule has 2 rings (SSSR count). The molecule has 0 saturated heterocycles. The van der Waals surface area contributed by atoms with E-state index >= 15 is 0 Å². The highest BCUT2D eigenvalue weighted by molar-refractivity contribution is 9.10. The van der Waals surface area contributed by atoms with Crippen molar-refractivity contribution in [2.45, 2.75) is 46.1 Å². The molecule has 116 valence electrons. The first-order valence-corrected chi connectivity index (χ1v) is 8.37. The van der Waals surface area contributed by atoms with Crippen LogP contribution in [0.2, 0.25) is 0 Å². The third kappa shape index (κ3) is 4.43. The summed E-state index contributed by atoms with van der Waals surface area (Å²) in [5.41, 5.74) is 1.76. The molecule has 1 aromatic heterocycles. The van der Waals surface area contributed by atoms with Crippen LogP contribution in [0.15, 0.2) is 15.5 Å². The molecule has 1 heterocycles. The second kappa shape index (κ2) is 7.25. The molecule has 1 fully saturated rings. The summed E-state index contributed by atoms with van der Waals surface area (Å²) in [5, 5.41) is 0. The van der Waals surface area contributed by atoms with Crippen LogP contribution in [0.25, 0.3) is 0 Å². The lowest BCUT2D eigenvalue weighted by Gasteiger charge is -2.15. The van der Waals surface area contributed by atoms with Crippen LogP contribution in [-0.2, 0) is 0 Å². The lowest BCUT2D eigenvalue weighted by molar-refractivity contribution is 0.195. The fraction of sp³-hybridized carbons (Fsp3) is 0.625. The van der Waals surface area contributed by atoms with Crippen LogP contribution in [0.4, 0.5) is 5.69 Å². The van der Waals surface area contributed by atoms with Crippen molar-refractivity contribution >= 4 is 28.0 Å². The predicted molar refractivity (Wildman–Crippen MR) is 90.6 cm³/mol. The van der Waals surface area contributed by atoms with Crippen molar-refractivity contribution in [2.75, 3.05) is 13.6 Å². The van der Waals surface area contributed by atoms with Crippen LogP contribution in [0.5, 0.6) is 5.88 Å². The number of aryl methyl sites for hydroxylation is 1. The van der Waals surface area contributed by atoms with Crippen LogP contribution < -0.4 is 4.74 Å². The van der Waals surface area contributed by atoms with Gasteiger partial charge >= 0.3 is 0 Å². The number of aliphatic imine (C=N–C) groups is 1. The van der Waals surface area contributed by atoms with Gasteiger partial charge in [0, 0.05) is 13.6 Å². The Bertz CT molecular complexity index is 518. The van der Waals surface area contributed by atoms with E-state index in [1.54, 1.807) is 0 Å². The van der Waals surface area contributed by atoms with Crippen LogP contribution in [0.3, 0.4) is 0 Å². The van der Waals surface area contributed by atoms with E-state index in [2.05, 4.69) is 39.8 Å². The SMILES string of the molecule is CCN(C)C=Nc1cc(Br)c(O[C@H]2CC[C@H](C)C2)nc1C. The molecule has 0 radical (unpaired) electrons.